The lowest BCUT2D eigenvalue weighted by atomic mass is 10.1. The Balaban J connectivity index is 1.54. The highest BCUT2D eigenvalue weighted by Gasteiger charge is 2.25. The van der Waals surface area contributed by atoms with Gasteiger partial charge >= 0.3 is 0 Å². The van der Waals surface area contributed by atoms with Crippen molar-refractivity contribution in [2.75, 3.05) is 25.0 Å². The topological polar surface area (TPSA) is 75.7 Å². The summed E-state index contributed by atoms with van der Waals surface area (Å²) < 4.78 is 32.8. The molecule has 0 spiro atoms. The van der Waals surface area contributed by atoms with Crippen molar-refractivity contribution in [3.05, 3.63) is 54.1 Å². The van der Waals surface area contributed by atoms with Crippen molar-refractivity contribution in [2.24, 2.45) is 0 Å². The van der Waals surface area contributed by atoms with Gasteiger partial charge in [0.05, 0.1) is 17.2 Å². The van der Waals surface area contributed by atoms with Gasteiger partial charge in [-0.2, -0.15) is 4.31 Å². The molecule has 1 heterocycles. The summed E-state index contributed by atoms with van der Waals surface area (Å²) in [5.74, 6) is 0.577. The van der Waals surface area contributed by atoms with Crippen molar-refractivity contribution < 1.29 is 17.9 Å². The van der Waals surface area contributed by atoms with Gasteiger partial charge in [-0.3, -0.25) is 4.79 Å². The molecule has 1 aliphatic rings. The van der Waals surface area contributed by atoms with Gasteiger partial charge < -0.3 is 10.1 Å². The molecule has 2 aromatic carbocycles. The van der Waals surface area contributed by atoms with Crippen molar-refractivity contribution in [1.29, 1.82) is 0 Å². The molecule has 0 bridgehead atoms. The molecule has 1 amide bonds. The summed E-state index contributed by atoms with van der Waals surface area (Å²) in [6.07, 6.45) is 5.77. The van der Waals surface area contributed by atoms with E-state index in [0.717, 1.165) is 37.7 Å². The molecule has 1 aliphatic heterocycles. The summed E-state index contributed by atoms with van der Waals surface area (Å²) >= 11 is 0. The molecule has 6 nitrogen and oxygen atoms in total. The summed E-state index contributed by atoms with van der Waals surface area (Å²) in [4.78, 5) is 12.8. The molecule has 0 radical (unpaired) electrons. The lowest BCUT2D eigenvalue weighted by Gasteiger charge is -2.25. The summed E-state index contributed by atoms with van der Waals surface area (Å²) in [6, 6.07) is 14.3. The van der Waals surface area contributed by atoms with E-state index in [4.69, 9.17) is 4.74 Å². The molecule has 1 N–H and O–H groups in total. The van der Waals surface area contributed by atoms with Crippen molar-refractivity contribution in [1.82, 2.24) is 4.31 Å². The van der Waals surface area contributed by atoms with Crippen LogP contribution in [0.5, 0.6) is 5.75 Å². The van der Waals surface area contributed by atoms with Gasteiger partial charge in [-0.25, -0.2) is 8.42 Å². The van der Waals surface area contributed by atoms with Crippen LogP contribution >= 0.6 is 0 Å². The van der Waals surface area contributed by atoms with Crippen LogP contribution in [0.1, 0.15) is 51.0 Å². The quantitative estimate of drug-likeness (QED) is 0.543. The average Bonchev–Trinajstić information content (AvgIpc) is 2.80. The first-order chi connectivity index (χ1) is 15.0. The van der Waals surface area contributed by atoms with Gasteiger partial charge in [0, 0.05) is 19.5 Å². The lowest BCUT2D eigenvalue weighted by Crippen LogP contribution is -2.35. The number of nitrogens with zero attached hydrogens (tertiary/aromatic N) is 1. The summed E-state index contributed by atoms with van der Waals surface area (Å²) in [7, 11) is -3.43. The van der Waals surface area contributed by atoms with E-state index in [0.29, 0.717) is 48.9 Å². The number of benzene rings is 2. The third kappa shape index (κ3) is 6.55. The Hall–Kier alpha value is -2.38. The van der Waals surface area contributed by atoms with Crippen molar-refractivity contribution in [3.63, 3.8) is 0 Å². The first kappa shape index (κ1) is 23.3. The van der Waals surface area contributed by atoms with E-state index < -0.39 is 10.0 Å². The summed E-state index contributed by atoms with van der Waals surface area (Å²) in [5.41, 5.74) is 1.60. The molecule has 168 valence electrons. The van der Waals surface area contributed by atoms with Gasteiger partial charge in [0.25, 0.3) is 0 Å². The number of aryl methyl sites for hydroxylation is 1. The zero-order valence-electron chi connectivity index (χ0n) is 18.2. The third-order valence-electron chi connectivity index (χ3n) is 5.43. The fourth-order valence-electron chi connectivity index (χ4n) is 3.58. The number of hydrogen-bond acceptors (Lipinski definition) is 4. The number of sulfonamides is 1. The Morgan fingerprint density at radius 2 is 1.74 bits per heavy atom. The van der Waals surface area contributed by atoms with Crippen LogP contribution in [0.15, 0.2) is 53.4 Å². The molecule has 0 atom stereocenters. The fraction of sp³-hybridized carbons (Fsp3) is 0.458. The van der Waals surface area contributed by atoms with Crippen molar-refractivity contribution in [2.45, 2.75) is 56.8 Å². The standard InChI is InChI=1S/C24H32N2O4S/c1-2-3-19-30-23-10-6-5-9-22(23)25-24(27)16-13-20-11-14-21(15-12-20)31(28,29)26-17-7-4-8-18-26/h5-6,9-12,14-15H,2-4,7-8,13,16-19H2,1H3,(H,25,27). The monoisotopic (exact) mass is 444 g/mol. The normalized spacial score (nSPS) is 14.9. The molecular formula is C24H32N2O4S. The molecule has 7 heteroatoms. The molecular weight excluding hydrogens is 412 g/mol. The Morgan fingerprint density at radius 1 is 1.03 bits per heavy atom. The Kier molecular flexibility index (Phi) is 8.49. The first-order valence-electron chi connectivity index (χ1n) is 11.1. The number of rotatable bonds is 10. The van der Waals surface area contributed by atoms with E-state index in [9.17, 15) is 13.2 Å². The highest BCUT2D eigenvalue weighted by atomic mass is 32.2. The van der Waals surface area contributed by atoms with Gasteiger partial charge in [-0.1, -0.05) is 44.0 Å². The van der Waals surface area contributed by atoms with E-state index >= 15 is 0 Å². The van der Waals surface area contributed by atoms with Crippen molar-refractivity contribution in [3.8, 4) is 5.75 Å². The molecule has 0 aliphatic carbocycles. The molecule has 0 saturated carbocycles. The second kappa shape index (κ2) is 11.3. The number of para-hydroxylation sites is 2. The van der Waals surface area contributed by atoms with Crippen LogP contribution in [-0.2, 0) is 21.2 Å². The van der Waals surface area contributed by atoms with Gasteiger partial charge in [-0.05, 0) is 55.5 Å². The number of carbonyl (C=O) groups excluding carboxylic acids is 1. The molecule has 0 unspecified atom stereocenters. The predicted octanol–water partition coefficient (Wildman–Crippen LogP) is 4.61. The smallest absolute Gasteiger partial charge is 0.243 e. The number of ether oxygens (including phenoxy) is 1. The zero-order chi connectivity index (χ0) is 22.1. The van der Waals surface area contributed by atoms with Gasteiger partial charge in [0.15, 0.2) is 0 Å². The van der Waals surface area contributed by atoms with E-state index in [1.165, 1.54) is 0 Å². The van der Waals surface area contributed by atoms with Gasteiger partial charge in [-0.15, -0.1) is 0 Å². The van der Waals surface area contributed by atoms with Crippen LogP contribution in [0.4, 0.5) is 5.69 Å². The minimum absolute atomic E-state index is 0.100. The average molecular weight is 445 g/mol. The fourth-order valence-corrected chi connectivity index (χ4v) is 5.09. The molecule has 0 aromatic heterocycles. The Bertz CT molecular complexity index is 952. The largest absolute Gasteiger partial charge is 0.491 e. The Labute approximate surface area is 185 Å². The number of anilines is 1. The van der Waals surface area contributed by atoms with Crippen molar-refractivity contribution >= 4 is 21.6 Å². The van der Waals surface area contributed by atoms with E-state index in [2.05, 4.69) is 12.2 Å². The van der Waals surface area contributed by atoms with Crippen LogP contribution in [-0.4, -0.2) is 38.3 Å². The number of carbonyl (C=O) groups is 1. The maximum Gasteiger partial charge on any atom is 0.243 e. The highest BCUT2D eigenvalue weighted by molar-refractivity contribution is 7.89. The number of hydrogen-bond donors (Lipinski definition) is 1. The predicted molar refractivity (Wildman–Crippen MR) is 123 cm³/mol. The molecule has 3 rings (SSSR count). The number of nitrogens with one attached hydrogen (secondary N) is 1. The number of amides is 1. The number of piperidine rings is 1. The van der Waals surface area contributed by atoms with E-state index in [1.807, 2.05) is 24.3 Å². The molecule has 31 heavy (non-hydrogen) atoms. The van der Waals surface area contributed by atoms with Gasteiger partial charge in [0.2, 0.25) is 15.9 Å². The maximum atomic E-state index is 12.7. The van der Waals surface area contributed by atoms with Gasteiger partial charge in [0.1, 0.15) is 5.75 Å². The van der Waals surface area contributed by atoms with Crippen LogP contribution in [0.2, 0.25) is 0 Å². The molecule has 2 aromatic rings. The third-order valence-corrected chi connectivity index (χ3v) is 7.35. The zero-order valence-corrected chi connectivity index (χ0v) is 19.0. The maximum absolute atomic E-state index is 12.7. The molecule has 1 saturated heterocycles. The second-order valence-electron chi connectivity index (χ2n) is 7.86. The van der Waals surface area contributed by atoms with Crippen LogP contribution in [0.25, 0.3) is 0 Å². The minimum Gasteiger partial charge on any atom is -0.491 e. The summed E-state index contributed by atoms with van der Waals surface area (Å²) in [6.45, 7) is 3.91. The SMILES string of the molecule is CCCCOc1ccccc1NC(=O)CCc1ccc(S(=O)(=O)N2CCCCC2)cc1. The second-order valence-corrected chi connectivity index (χ2v) is 9.79. The molecule has 1 fully saturated rings. The lowest BCUT2D eigenvalue weighted by molar-refractivity contribution is -0.116. The Morgan fingerprint density at radius 3 is 2.45 bits per heavy atom. The van der Waals surface area contributed by atoms with E-state index in [1.54, 1.807) is 28.6 Å². The first-order valence-corrected chi connectivity index (χ1v) is 12.6. The van der Waals surface area contributed by atoms with Crippen LogP contribution < -0.4 is 10.1 Å². The van der Waals surface area contributed by atoms with E-state index in [-0.39, 0.29) is 5.91 Å². The highest BCUT2D eigenvalue weighted by Crippen LogP contribution is 2.25. The minimum atomic E-state index is -3.43. The summed E-state index contributed by atoms with van der Waals surface area (Å²) in [5, 5.41) is 2.92. The van der Waals surface area contributed by atoms with Crippen LogP contribution in [0, 0.1) is 0 Å². The number of unbranched alkanes of at least 4 members (excludes halogenated alkanes) is 1. The van der Waals surface area contributed by atoms with Crippen LogP contribution in [0.3, 0.4) is 0 Å².